The van der Waals surface area contributed by atoms with Gasteiger partial charge in [-0.1, -0.05) is 13.8 Å². The Morgan fingerprint density at radius 1 is 1.60 bits per heavy atom. The van der Waals surface area contributed by atoms with E-state index in [2.05, 4.69) is 34.3 Å². The van der Waals surface area contributed by atoms with Crippen LogP contribution in [-0.4, -0.2) is 40.0 Å². The molecular formula is C10H20N4O. The molecule has 0 saturated heterocycles. The first-order chi connectivity index (χ1) is 7.20. The van der Waals surface area contributed by atoms with Gasteiger partial charge in [-0.15, -0.1) is 0 Å². The molecule has 5 nitrogen and oxygen atoms in total. The molecule has 0 bridgehead atoms. The summed E-state index contributed by atoms with van der Waals surface area (Å²) in [5, 5.41) is 19.1. The van der Waals surface area contributed by atoms with E-state index in [1.54, 1.807) is 0 Å². The van der Waals surface area contributed by atoms with Gasteiger partial charge < -0.3 is 10.4 Å². The highest BCUT2D eigenvalue weighted by Crippen LogP contribution is 2.17. The fourth-order valence-electron chi connectivity index (χ4n) is 1.24. The van der Waals surface area contributed by atoms with Crippen molar-refractivity contribution < 1.29 is 5.11 Å². The molecule has 0 radical (unpaired) electrons. The zero-order chi connectivity index (χ0) is 11.1. The molecule has 1 atom stereocenters. The highest BCUT2D eigenvalue weighted by molar-refractivity contribution is 4.81. The van der Waals surface area contributed by atoms with Gasteiger partial charge in [-0.25, -0.2) is 4.98 Å². The van der Waals surface area contributed by atoms with Crippen LogP contribution in [0.1, 0.15) is 26.1 Å². The summed E-state index contributed by atoms with van der Waals surface area (Å²) in [6.07, 6.45) is 3.32. The Morgan fingerprint density at radius 2 is 2.40 bits per heavy atom. The lowest BCUT2D eigenvalue weighted by Gasteiger charge is -2.25. The molecule has 1 aromatic rings. The third kappa shape index (κ3) is 3.97. The van der Waals surface area contributed by atoms with Crippen LogP contribution in [0, 0.1) is 5.41 Å². The van der Waals surface area contributed by atoms with Crippen molar-refractivity contribution in [2.24, 2.45) is 5.41 Å². The van der Waals surface area contributed by atoms with Crippen LogP contribution < -0.4 is 5.32 Å². The summed E-state index contributed by atoms with van der Waals surface area (Å²) in [7, 11) is 0. The molecule has 0 aliphatic heterocycles. The predicted molar refractivity (Wildman–Crippen MR) is 58.4 cm³/mol. The average molecular weight is 212 g/mol. The molecule has 1 heterocycles. The smallest absolute Gasteiger partial charge is 0.137 e. The maximum absolute atomic E-state index is 9.20. The molecule has 0 aliphatic carbocycles. The number of aliphatic hydroxyl groups is 1. The van der Waals surface area contributed by atoms with E-state index in [1.807, 2.05) is 0 Å². The number of H-pyrrole nitrogens is 1. The SMILES string of the molecule is CCC(C)(CO)CNCCc1ncn[nH]1. The summed E-state index contributed by atoms with van der Waals surface area (Å²) in [4.78, 5) is 4.03. The van der Waals surface area contributed by atoms with Gasteiger partial charge in [0.1, 0.15) is 12.2 Å². The molecular weight excluding hydrogens is 192 g/mol. The molecule has 3 N–H and O–H groups in total. The van der Waals surface area contributed by atoms with Gasteiger partial charge in [-0.05, 0) is 6.42 Å². The van der Waals surface area contributed by atoms with Crippen molar-refractivity contribution in [3.05, 3.63) is 12.2 Å². The molecule has 0 aliphatic rings. The third-order valence-corrected chi connectivity index (χ3v) is 2.79. The standard InChI is InChI=1S/C10H20N4O/c1-3-10(2,7-15)6-11-5-4-9-12-8-13-14-9/h8,11,15H,3-7H2,1-2H3,(H,12,13,14). The van der Waals surface area contributed by atoms with E-state index in [1.165, 1.54) is 6.33 Å². The summed E-state index contributed by atoms with van der Waals surface area (Å²) in [5.41, 5.74) is -0.0125. The zero-order valence-electron chi connectivity index (χ0n) is 9.45. The van der Waals surface area contributed by atoms with Gasteiger partial charge in [0, 0.05) is 31.5 Å². The van der Waals surface area contributed by atoms with Crippen molar-refractivity contribution in [2.75, 3.05) is 19.7 Å². The fraction of sp³-hybridized carbons (Fsp3) is 0.800. The largest absolute Gasteiger partial charge is 0.396 e. The number of aliphatic hydroxyl groups excluding tert-OH is 1. The third-order valence-electron chi connectivity index (χ3n) is 2.79. The summed E-state index contributed by atoms with van der Waals surface area (Å²) in [6, 6.07) is 0. The summed E-state index contributed by atoms with van der Waals surface area (Å²) < 4.78 is 0. The molecule has 1 rings (SSSR count). The summed E-state index contributed by atoms with van der Waals surface area (Å²) >= 11 is 0. The van der Waals surface area contributed by atoms with E-state index in [4.69, 9.17) is 0 Å². The Kier molecular flexibility index (Phi) is 4.71. The minimum absolute atomic E-state index is 0.0125. The monoisotopic (exact) mass is 212 g/mol. The van der Waals surface area contributed by atoms with Crippen LogP contribution >= 0.6 is 0 Å². The first-order valence-electron chi connectivity index (χ1n) is 5.36. The average Bonchev–Trinajstić information content (AvgIpc) is 2.77. The van der Waals surface area contributed by atoms with Crippen molar-refractivity contribution in [2.45, 2.75) is 26.7 Å². The lowest BCUT2D eigenvalue weighted by atomic mass is 9.89. The maximum Gasteiger partial charge on any atom is 0.137 e. The van der Waals surface area contributed by atoms with Gasteiger partial charge in [0.15, 0.2) is 0 Å². The van der Waals surface area contributed by atoms with Crippen LogP contribution in [-0.2, 0) is 6.42 Å². The van der Waals surface area contributed by atoms with Gasteiger partial charge in [-0.3, -0.25) is 5.10 Å². The quantitative estimate of drug-likeness (QED) is 0.570. The number of nitrogens with zero attached hydrogens (tertiary/aromatic N) is 2. The summed E-state index contributed by atoms with van der Waals surface area (Å²) in [5.74, 6) is 0.893. The van der Waals surface area contributed by atoms with E-state index < -0.39 is 0 Å². The lowest BCUT2D eigenvalue weighted by Crippen LogP contribution is -2.35. The van der Waals surface area contributed by atoms with E-state index in [0.717, 1.165) is 31.8 Å². The number of aromatic amines is 1. The second-order valence-electron chi connectivity index (χ2n) is 4.18. The van der Waals surface area contributed by atoms with Crippen LogP contribution in [0.5, 0.6) is 0 Å². The molecule has 1 aromatic heterocycles. The van der Waals surface area contributed by atoms with Crippen molar-refractivity contribution in [1.82, 2.24) is 20.5 Å². The van der Waals surface area contributed by atoms with Gasteiger partial charge in [-0.2, -0.15) is 5.10 Å². The molecule has 0 amide bonds. The lowest BCUT2D eigenvalue weighted by molar-refractivity contribution is 0.136. The van der Waals surface area contributed by atoms with Crippen LogP contribution in [0.3, 0.4) is 0 Å². The molecule has 1 unspecified atom stereocenters. The molecule has 0 saturated carbocycles. The highest BCUT2D eigenvalue weighted by atomic mass is 16.3. The predicted octanol–water partition coefficient (Wildman–Crippen LogP) is 0.345. The van der Waals surface area contributed by atoms with E-state index in [0.29, 0.717) is 0 Å². The first kappa shape index (κ1) is 12.1. The van der Waals surface area contributed by atoms with Crippen LogP contribution in [0.25, 0.3) is 0 Å². The number of rotatable bonds is 7. The van der Waals surface area contributed by atoms with Gasteiger partial charge in [0.05, 0.1) is 0 Å². The van der Waals surface area contributed by atoms with Crippen LogP contribution in [0.4, 0.5) is 0 Å². The molecule has 0 fully saturated rings. The van der Waals surface area contributed by atoms with Gasteiger partial charge >= 0.3 is 0 Å². The van der Waals surface area contributed by atoms with Gasteiger partial charge in [0.25, 0.3) is 0 Å². The maximum atomic E-state index is 9.20. The minimum Gasteiger partial charge on any atom is -0.396 e. The molecule has 5 heteroatoms. The fourth-order valence-corrected chi connectivity index (χ4v) is 1.24. The van der Waals surface area contributed by atoms with E-state index in [9.17, 15) is 5.11 Å². The van der Waals surface area contributed by atoms with Crippen molar-refractivity contribution in [3.63, 3.8) is 0 Å². The second-order valence-corrected chi connectivity index (χ2v) is 4.18. The normalized spacial score (nSPS) is 15.1. The Bertz CT molecular complexity index is 256. The Hall–Kier alpha value is -0.940. The zero-order valence-corrected chi connectivity index (χ0v) is 9.45. The highest BCUT2D eigenvalue weighted by Gasteiger charge is 2.19. The first-order valence-corrected chi connectivity index (χ1v) is 5.36. The van der Waals surface area contributed by atoms with E-state index >= 15 is 0 Å². The Labute approximate surface area is 90.3 Å². The molecule has 0 aromatic carbocycles. The number of nitrogens with one attached hydrogen (secondary N) is 2. The Morgan fingerprint density at radius 3 is 2.93 bits per heavy atom. The van der Waals surface area contributed by atoms with Crippen molar-refractivity contribution >= 4 is 0 Å². The van der Waals surface area contributed by atoms with Crippen LogP contribution in [0.15, 0.2) is 6.33 Å². The molecule has 86 valence electrons. The van der Waals surface area contributed by atoms with E-state index in [-0.39, 0.29) is 12.0 Å². The van der Waals surface area contributed by atoms with Crippen molar-refractivity contribution in [3.8, 4) is 0 Å². The number of aromatic nitrogens is 3. The molecule has 0 spiro atoms. The van der Waals surface area contributed by atoms with Crippen LogP contribution in [0.2, 0.25) is 0 Å². The summed E-state index contributed by atoms with van der Waals surface area (Å²) in [6.45, 7) is 6.07. The minimum atomic E-state index is -0.0125. The Balaban J connectivity index is 2.16. The van der Waals surface area contributed by atoms with Crippen molar-refractivity contribution in [1.29, 1.82) is 0 Å². The number of hydrogen-bond donors (Lipinski definition) is 3. The molecule has 15 heavy (non-hydrogen) atoms. The second kappa shape index (κ2) is 5.82. The van der Waals surface area contributed by atoms with Gasteiger partial charge in [0.2, 0.25) is 0 Å². The topological polar surface area (TPSA) is 73.8 Å². The number of hydrogen-bond acceptors (Lipinski definition) is 4.